The van der Waals surface area contributed by atoms with Crippen LogP contribution < -0.4 is 10.2 Å². The van der Waals surface area contributed by atoms with Gasteiger partial charge in [0.05, 0.1) is 10.9 Å². The van der Waals surface area contributed by atoms with E-state index in [-0.39, 0.29) is 36.1 Å². The second-order valence-corrected chi connectivity index (χ2v) is 9.14. The molecule has 0 spiro atoms. The van der Waals surface area contributed by atoms with Crippen LogP contribution in [0.2, 0.25) is 0 Å². The summed E-state index contributed by atoms with van der Waals surface area (Å²) in [5.74, 6) is -2.00. The van der Waals surface area contributed by atoms with Crippen molar-refractivity contribution in [2.75, 3.05) is 18.0 Å². The molecule has 2 aliphatic heterocycles. The number of rotatable bonds is 3. The van der Waals surface area contributed by atoms with E-state index in [1.54, 1.807) is 0 Å². The van der Waals surface area contributed by atoms with Gasteiger partial charge in [-0.25, -0.2) is 17.5 Å². The first-order chi connectivity index (χ1) is 14.6. The van der Waals surface area contributed by atoms with Gasteiger partial charge in [-0.15, -0.1) is 0 Å². The number of carbonyl (C=O) groups is 2. The van der Waals surface area contributed by atoms with E-state index < -0.39 is 28.1 Å². The molecule has 0 saturated carbocycles. The average molecular weight is 453 g/mol. The summed E-state index contributed by atoms with van der Waals surface area (Å²) < 4.78 is 65.1. The first-order valence-electron chi connectivity index (χ1n) is 9.49. The molecule has 2 aliphatic rings. The fraction of sp³-hybridized carbons (Fsp3) is 0.300. The van der Waals surface area contributed by atoms with Gasteiger partial charge in [0.2, 0.25) is 0 Å². The number of amides is 3. The van der Waals surface area contributed by atoms with Crippen LogP contribution in [0.4, 0.5) is 23.7 Å². The molecule has 11 heteroatoms. The highest BCUT2D eigenvalue weighted by atomic mass is 32.2. The summed E-state index contributed by atoms with van der Waals surface area (Å²) in [5, 5.41) is 2.68. The molecule has 1 saturated heterocycles. The summed E-state index contributed by atoms with van der Waals surface area (Å²) in [6.07, 6.45) is -4.57. The molecular formula is C20H18F3N3O4S. The maximum absolute atomic E-state index is 13.0. The Balaban J connectivity index is 1.55. The molecule has 1 fully saturated rings. The van der Waals surface area contributed by atoms with E-state index in [2.05, 4.69) is 5.32 Å². The zero-order valence-electron chi connectivity index (χ0n) is 16.1. The first-order valence-corrected chi connectivity index (χ1v) is 10.9. The molecule has 1 unspecified atom stereocenters. The number of carbonyl (C=O) groups excluding carboxylic acids is 2. The number of alkyl halides is 3. The van der Waals surface area contributed by atoms with Gasteiger partial charge in [0, 0.05) is 18.8 Å². The van der Waals surface area contributed by atoms with Gasteiger partial charge in [0.1, 0.15) is 0 Å². The monoisotopic (exact) mass is 453 g/mol. The molecule has 2 aromatic rings. The lowest BCUT2D eigenvalue weighted by molar-refractivity contribution is -0.170. The molecule has 4 rings (SSSR count). The van der Waals surface area contributed by atoms with Crippen molar-refractivity contribution in [3.63, 3.8) is 0 Å². The molecule has 0 radical (unpaired) electrons. The number of nitrogens with zero attached hydrogens (tertiary/aromatic N) is 2. The molecule has 2 aromatic carbocycles. The maximum atomic E-state index is 13.0. The Labute approximate surface area is 176 Å². The summed E-state index contributed by atoms with van der Waals surface area (Å²) in [7, 11) is -4.21. The molecule has 164 valence electrons. The van der Waals surface area contributed by atoms with Crippen molar-refractivity contribution in [1.29, 1.82) is 0 Å². The number of urea groups is 1. The summed E-state index contributed by atoms with van der Waals surface area (Å²) >= 11 is 0. The van der Waals surface area contributed by atoms with E-state index in [4.69, 9.17) is 0 Å². The van der Waals surface area contributed by atoms with Crippen LogP contribution >= 0.6 is 0 Å². The van der Waals surface area contributed by atoms with Crippen LogP contribution in [0, 0.1) is 0 Å². The molecule has 2 heterocycles. The zero-order chi connectivity index (χ0) is 22.4. The van der Waals surface area contributed by atoms with Gasteiger partial charge >= 0.3 is 18.1 Å². The number of fused-ring (bicyclic) bond motifs is 1. The normalized spacial score (nSPS) is 19.2. The van der Waals surface area contributed by atoms with E-state index in [9.17, 15) is 31.2 Å². The van der Waals surface area contributed by atoms with Crippen LogP contribution in [0.15, 0.2) is 53.4 Å². The third-order valence-corrected chi connectivity index (χ3v) is 7.15. The van der Waals surface area contributed by atoms with Crippen molar-refractivity contribution in [2.45, 2.75) is 30.0 Å². The Hall–Kier alpha value is -3.08. The quantitative estimate of drug-likeness (QED) is 0.774. The zero-order valence-corrected chi connectivity index (χ0v) is 16.9. The molecule has 0 bridgehead atoms. The van der Waals surface area contributed by atoms with Crippen LogP contribution in [0.1, 0.15) is 23.6 Å². The number of hydrogen-bond acceptors (Lipinski definition) is 4. The van der Waals surface area contributed by atoms with E-state index in [0.29, 0.717) is 16.9 Å². The van der Waals surface area contributed by atoms with Crippen molar-refractivity contribution in [3.8, 4) is 0 Å². The van der Waals surface area contributed by atoms with Crippen molar-refractivity contribution in [2.24, 2.45) is 0 Å². The first kappa shape index (κ1) is 21.2. The second-order valence-electron chi connectivity index (χ2n) is 7.27. The molecule has 7 nitrogen and oxygen atoms in total. The van der Waals surface area contributed by atoms with E-state index in [0.717, 1.165) is 15.9 Å². The molecule has 1 atom stereocenters. The van der Waals surface area contributed by atoms with Gasteiger partial charge in [-0.05, 0) is 42.2 Å². The van der Waals surface area contributed by atoms with Crippen molar-refractivity contribution < 1.29 is 31.2 Å². The standard InChI is InChI=1S/C20H18F3N3O4S/c21-20(22,23)18(27)25-10-8-14-12-15(6-7-17(14)25)31(29,30)26-11-9-16(24-19(26)28)13-4-2-1-3-5-13/h1-7,12,16H,8-11H2,(H,24,28). The number of benzene rings is 2. The number of anilines is 1. The lowest BCUT2D eigenvalue weighted by Gasteiger charge is -2.32. The fourth-order valence-electron chi connectivity index (χ4n) is 3.84. The average Bonchev–Trinajstić information content (AvgIpc) is 3.16. The summed E-state index contributed by atoms with van der Waals surface area (Å²) in [6.45, 7) is -0.233. The largest absolute Gasteiger partial charge is 0.471 e. The minimum atomic E-state index is -5.02. The smallest absolute Gasteiger partial charge is 0.330 e. The van der Waals surface area contributed by atoms with E-state index in [1.807, 2.05) is 30.3 Å². The van der Waals surface area contributed by atoms with Crippen LogP contribution in [0.3, 0.4) is 0 Å². The molecular weight excluding hydrogens is 435 g/mol. The Morgan fingerprint density at radius 2 is 1.77 bits per heavy atom. The predicted octanol–water partition coefficient (Wildman–Crippen LogP) is 2.98. The number of sulfonamides is 1. The van der Waals surface area contributed by atoms with Gasteiger partial charge in [0.15, 0.2) is 0 Å². The van der Waals surface area contributed by atoms with Crippen LogP contribution in [0.25, 0.3) is 0 Å². The summed E-state index contributed by atoms with van der Waals surface area (Å²) in [6, 6.07) is 11.6. The lowest BCUT2D eigenvalue weighted by atomic mass is 10.0. The topological polar surface area (TPSA) is 86.8 Å². The van der Waals surface area contributed by atoms with Gasteiger partial charge in [-0.3, -0.25) is 4.79 Å². The summed E-state index contributed by atoms with van der Waals surface area (Å²) in [5.41, 5.74) is 1.19. The van der Waals surface area contributed by atoms with Gasteiger partial charge in [0.25, 0.3) is 10.0 Å². The highest BCUT2D eigenvalue weighted by molar-refractivity contribution is 7.89. The van der Waals surface area contributed by atoms with Crippen molar-refractivity contribution in [3.05, 3.63) is 59.7 Å². The third kappa shape index (κ3) is 3.85. The SMILES string of the molecule is O=C1NC(c2ccccc2)CCN1S(=O)(=O)c1ccc2c(c1)CCN2C(=O)C(F)(F)F. The van der Waals surface area contributed by atoms with E-state index in [1.165, 1.54) is 12.1 Å². The number of nitrogens with one attached hydrogen (secondary N) is 1. The molecule has 31 heavy (non-hydrogen) atoms. The van der Waals surface area contributed by atoms with Crippen LogP contribution in [-0.2, 0) is 21.2 Å². The Bertz CT molecular complexity index is 1140. The molecule has 3 amide bonds. The predicted molar refractivity (Wildman–Crippen MR) is 105 cm³/mol. The second kappa shape index (κ2) is 7.56. The van der Waals surface area contributed by atoms with Crippen molar-refractivity contribution in [1.82, 2.24) is 9.62 Å². The van der Waals surface area contributed by atoms with Crippen LogP contribution in [0.5, 0.6) is 0 Å². The molecule has 0 aliphatic carbocycles. The third-order valence-electron chi connectivity index (χ3n) is 5.37. The Morgan fingerprint density at radius 1 is 1.06 bits per heavy atom. The van der Waals surface area contributed by atoms with Crippen LogP contribution in [-0.4, -0.2) is 43.9 Å². The fourth-order valence-corrected chi connectivity index (χ4v) is 5.24. The van der Waals surface area contributed by atoms with Gasteiger partial charge in [-0.2, -0.15) is 13.2 Å². The minimum absolute atomic E-state index is 0.0218. The number of halogens is 3. The number of hydrogen-bond donors (Lipinski definition) is 1. The molecule has 0 aromatic heterocycles. The maximum Gasteiger partial charge on any atom is 0.471 e. The Kier molecular flexibility index (Phi) is 5.16. The van der Waals surface area contributed by atoms with E-state index >= 15 is 0 Å². The van der Waals surface area contributed by atoms with Crippen molar-refractivity contribution >= 4 is 27.6 Å². The van der Waals surface area contributed by atoms with Gasteiger partial charge in [-0.1, -0.05) is 30.3 Å². The molecule has 1 N–H and O–H groups in total. The Morgan fingerprint density at radius 3 is 2.42 bits per heavy atom. The summed E-state index contributed by atoms with van der Waals surface area (Å²) in [4.78, 5) is 24.5. The highest BCUT2D eigenvalue weighted by Gasteiger charge is 2.45. The minimum Gasteiger partial charge on any atom is -0.330 e. The lowest BCUT2D eigenvalue weighted by Crippen LogP contribution is -2.50. The highest BCUT2D eigenvalue weighted by Crippen LogP contribution is 2.34. The van der Waals surface area contributed by atoms with Gasteiger partial charge < -0.3 is 10.2 Å².